The maximum Gasteiger partial charge on any atom is 0.139 e. The molecule has 2 N–H and O–H groups in total. The molecule has 0 spiro atoms. The first-order valence-corrected chi connectivity index (χ1v) is 5.43. The Labute approximate surface area is 95.1 Å². The Hall–Kier alpha value is -1.68. The van der Waals surface area contributed by atoms with E-state index < -0.39 is 0 Å². The predicted molar refractivity (Wildman–Crippen MR) is 63.8 cm³/mol. The Morgan fingerprint density at radius 1 is 1.38 bits per heavy atom. The maximum absolute atomic E-state index is 4.33. The number of aromatic amines is 1. The molecule has 0 aliphatic rings. The summed E-state index contributed by atoms with van der Waals surface area (Å²) in [7, 11) is 0. The van der Waals surface area contributed by atoms with Gasteiger partial charge in [-0.2, -0.15) is 0 Å². The molecule has 0 bridgehead atoms. The number of hydrogen-bond donors (Lipinski definition) is 2. The van der Waals surface area contributed by atoms with Crippen molar-refractivity contribution in [1.82, 2.24) is 20.3 Å². The van der Waals surface area contributed by atoms with Gasteiger partial charge in [0.1, 0.15) is 5.82 Å². The van der Waals surface area contributed by atoms with Gasteiger partial charge in [0.05, 0.1) is 0 Å². The van der Waals surface area contributed by atoms with Gasteiger partial charge >= 0.3 is 0 Å². The third kappa shape index (κ3) is 2.67. The van der Waals surface area contributed by atoms with E-state index >= 15 is 0 Å². The van der Waals surface area contributed by atoms with Crippen LogP contribution in [0.5, 0.6) is 0 Å². The second-order valence-electron chi connectivity index (χ2n) is 4.03. The van der Waals surface area contributed by atoms with Crippen LogP contribution in [-0.4, -0.2) is 21.0 Å². The molecule has 0 aromatic carbocycles. The molecule has 0 unspecified atom stereocenters. The number of imidazole rings is 1. The van der Waals surface area contributed by atoms with E-state index in [1.54, 1.807) is 12.4 Å². The van der Waals surface area contributed by atoms with Crippen molar-refractivity contribution >= 4 is 0 Å². The summed E-state index contributed by atoms with van der Waals surface area (Å²) in [4.78, 5) is 11.7. The van der Waals surface area contributed by atoms with Crippen LogP contribution in [0.25, 0.3) is 11.4 Å². The van der Waals surface area contributed by atoms with E-state index in [2.05, 4.69) is 34.1 Å². The Bertz CT molecular complexity index is 433. The van der Waals surface area contributed by atoms with Crippen LogP contribution in [-0.2, 0) is 6.54 Å². The molecule has 4 nitrogen and oxygen atoms in total. The zero-order valence-electron chi connectivity index (χ0n) is 9.57. The topological polar surface area (TPSA) is 53.6 Å². The monoisotopic (exact) mass is 216 g/mol. The van der Waals surface area contributed by atoms with Crippen molar-refractivity contribution in [3.63, 3.8) is 0 Å². The van der Waals surface area contributed by atoms with Crippen molar-refractivity contribution in [3.05, 3.63) is 36.4 Å². The van der Waals surface area contributed by atoms with Crippen LogP contribution in [0.2, 0.25) is 0 Å². The minimum absolute atomic E-state index is 0.477. The van der Waals surface area contributed by atoms with Gasteiger partial charge in [0, 0.05) is 42.4 Å². The highest BCUT2D eigenvalue weighted by Crippen LogP contribution is 2.13. The Kier molecular flexibility index (Phi) is 3.31. The molecule has 0 aliphatic heterocycles. The molecule has 0 atom stereocenters. The smallest absolute Gasteiger partial charge is 0.139 e. The molecule has 16 heavy (non-hydrogen) atoms. The van der Waals surface area contributed by atoms with Gasteiger partial charge in [0.25, 0.3) is 0 Å². The lowest BCUT2D eigenvalue weighted by Gasteiger charge is -2.05. The summed E-state index contributed by atoms with van der Waals surface area (Å²) < 4.78 is 0. The van der Waals surface area contributed by atoms with Crippen molar-refractivity contribution in [2.45, 2.75) is 26.4 Å². The summed E-state index contributed by atoms with van der Waals surface area (Å²) in [6.07, 6.45) is 5.42. The van der Waals surface area contributed by atoms with Gasteiger partial charge in [-0.1, -0.05) is 13.8 Å². The molecule has 2 rings (SSSR count). The molecule has 0 saturated heterocycles. The van der Waals surface area contributed by atoms with Crippen LogP contribution in [0.3, 0.4) is 0 Å². The second kappa shape index (κ2) is 4.90. The Morgan fingerprint density at radius 3 is 2.94 bits per heavy atom. The predicted octanol–water partition coefficient (Wildman–Crippen LogP) is 1.97. The van der Waals surface area contributed by atoms with Crippen LogP contribution < -0.4 is 5.32 Å². The van der Waals surface area contributed by atoms with Crippen LogP contribution >= 0.6 is 0 Å². The molecule has 0 saturated carbocycles. The SMILES string of the molecule is CC(C)NCc1cnc(-c2cccnc2)[nH]1. The summed E-state index contributed by atoms with van der Waals surface area (Å²) in [5.74, 6) is 0.869. The highest BCUT2D eigenvalue weighted by atomic mass is 15.0. The highest BCUT2D eigenvalue weighted by molar-refractivity contribution is 5.53. The summed E-state index contributed by atoms with van der Waals surface area (Å²) in [6, 6.07) is 4.38. The average molecular weight is 216 g/mol. The summed E-state index contributed by atoms with van der Waals surface area (Å²) in [5, 5.41) is 3.34. The largest absolute Gasteiger partial charge is 0.341 e. The minimum Gasteiger partial charge on any atom is -0.341 e. The molecule has 0 radical (unpaired) electrons. The Balaban J connectivity index is 2.08. The van der Waals surface area contributed by atoms with Gasteiger partial charge in [-0.15, -0.1) is 0 Å². The van der Waals surface area contributed by atoms with E-state index in [1.807, 2.05) is 18.3 Å². The fraction of sp³-hybridized carbons (Fsp3) is 0.333. The van der Waals surface area contributed by atoms with E-state index in [0.717, 1.165) is 23.6 Å². The molecular formula is C12H16N4. The van der Waals surface area contributed by atoms with E-state index in [1.165, 1.54) is 0 Å². The van der Waals surface area contributed by atoms with Gasteiger partial charge < -0.3 is 10.3 Å². The second-order valence-corrected chi connectivity index (χ2v) is 4.03. The van der Waals surface area contributed by atoms with E-state index in [4.69, 9.17) is 0 Å². The normalized spacial score (nSPS) is 10.9. The van der Waals surface area contributed by atoms with E-state index in [9.17, 15) is 0 Å². The number of pyridine rings is 1. The Morgan fingerprint density at radius 2 is 2.25 bits per heavy atom. The van der Waals surface area contributed by atoms with Crippen molar-refractivity contribution in [1.29, 1.82) is 0 Å². The van der Waals surface area contributed by atoms with Gasteiger partial charge in [0.15, 0.2) is 0 Å². The van der Waals surface area contributed by atoms with Crippen LogP contribution in [0.15, 0.2) is 30.7 Å². The average Bonchev–Trinajstić information content (AvgIpc) is 2.76. The van der Waals surface area contributed by atoms with Crippen molar-refractivity contribution in [3.8, 4) is 11.4 Å². The number of nitrogens with zero attached hydrogens (tertiary/aromatic N) is 2. The molecule has 84 valence electrons. The summed E-state index contributed by atoms with van der Waals surface area (Å²) in [6.45, 7) is 5.06. The molecule has 4 heteroatoms. The molecule has 0 fully saturated rings. The highest BCUT2D eigenvalue weighted by Gasteiger charge is 2.03. The quantitative estimate of drug-likeness (QED) is 0.821. The summed E-state index contributed by atoms with van der Waals surface area (Å²) >= 11 is 0. The molecule has 2 aromatic rings. The van der Waals surface area contributed by atoms with Crippen LogP contribution in [0.4, 0.5) is 0 Å². The number of aromatic nitrogens is 3. The van der Waals surface area contributed by atoms with Gasteiger partial charge in [-0.05, 0) is 12.1 Å². The fourth-order valence-corrected chi connectivity index (χ4v) is 1.41. The molecular weight excluding hydrogens is 200 g/mol. The van der Waals surface area contributed by atoms with Crippen molar-refractivity contribution in [2.75, 3.05) is 0 Å². The number of rotatable bonds is 4. The first kappa shape index (κ1) is 10.8. The van der Waals surface area contributed by atoms with Crippen LogP contribution in [0, 0.1) is 0 Å². The fourth-order valence-electron chi connectivity index (χ4n) is 1.41. The van der Waals surface area contributed by atoms with Gasteiger partial charge in [-0.25, -0.2) is 4.98 Å². The lowest BCUT2D eigenvalue weighted by atomic mass is 10.3. The van der Waals surface area contributed by atoms with Crippen molar-refractivity contribution < 1.29 is 0 Å². The third-order valence-corrected chi connectivity index (χ3v) is 2.26. The summed E-state index contributed by atoms with van der Waals surface area (Å²) in [5.41, 5.74) is 2.10. The van der Waals surface area contributed by atoms with Gasteiger partial charge in [-0.3, -0.25) is 4.98 Å². The van der Waals surface area contributed by atoms with Gasteiger partial charge in [0.2, 0.25) is 0 Å². The number of nitrogens with one attached hydrogen (secondary N) is 2. The third-order valence-electron chi connectivity index (χ3n) is 2.26. The molecule has 2 aromatic heterocycles. The maximum atomic E-state index is 4.33. The number of H-pyrrole nitrogens is 1. The standard InChI is InChI=1S/C12H16N4/c1-9(2)14-7-11-8-15-12(16-11)10-4-3-5-13-6-10/h3-6,8-9,14H,7H2,1-2H3,(H,15,16). The zero-order valence-corrected chi connectivity index (χ0v) is 9.57. The van der Waals surface area contributed by atoms with Crippen molar-refractivity contribution in [2.24, 2.45) is 0 Å². The molecule has 2 heterocycles. The first-order valence-electron chi connectivity index (χ1n) is 5.43. The van der Waals surface area contributed by atoms with E-state index in [0.29, 0.717) is 6.04 Å². The number of hydrogen-bond acceptors (Lipinski definition) is 3. The molecule has 0 aliphatic carbocycles. The zero-order chi connectivity index (χ0) is 11.4. The molecule has 0 amide bonds. The first-order chi connectivity index (χ1) is 7.75. The lowest BCUT2D eigenvalue weighted by molar-refractivity contribution is 0.583. The lowest BCUT2D eigenvalue weighted by Crippen LogP contribution is -2.21. The van der Waals surface area contributed by atoms with Crippen LogP contribution in [0.1, 0.15) is 19.5 Å². The minimum atomic E-state index is 0.477. The van der Waals surface area contributed by atoms with E-state index in [-0.39, 0.29) is 0 Å².